The Morgan fingerprint density at radius 2 is 1.86 bits per heavy atom. The molecule has 1 aliphatic rings. The Hall–Kier alpha value is -1.90. The Morgan fingerprint density at radius 3 is 2.57 bits per heavy atom. The molecule has 0 saturated carbocycles. The second-order valence-corrected chi connectivity index (χ2v) is 9.71. The zero-order valence-electron chi connectivity index (χ0n) is 15.4. The summed E-state index contributed by atoms with van der Waals surface area (Å²) in [4.78, 5) is 13.7. The molecule has 0 aliphatic carbocycles. The van der Waals surface area contributed by atoms with Crippen molar-refractivity contribution in [3.8, 4) is 0 Å². The zero-order valence-corrected chi connectivity index (χ0v) is 17.0. The maximum atomic E-state index is 13.1. The molecule has 0 aromatic heterocycles. The Balaban J connectivity index is 1.52. The van der Waals surface area contributed by atoms with Gasteiger partial charge in [0.15, 0.2) is 0 Å². The zero-order chi connectivity index (χ0) is 20.0. The van der Waals surface area contributed by atoms with Gasteiger partial charge in [0.2, 0.25) is 15.9 Å². The lowest BCUT2D eigenvalue weighted by atomic mass is 9.99. The van der Waals surface area contributed by atoms with Crippen molar-refractivity contribution in [2.45, 2.75) is 22.6 Å². The molecular weight excluding hydrogens is 399 g/mol. The molecule has 150 valence electrons. The highest BCUT2D eigenvalue weighted by Crippen LogP contribution is 2.24. The summed E-state index contributed by atoms with van der Waals surface area (Å²) in [5, 5.41) is 2.91. The molecule has 2 aromatic rings. The number of halogens is 1. The van der Waals surface area contributed by atoms with Gasteiger partial charge in [0, 0.05) is 30.3 Å². The number of nitrogens with zero attached hydrogens (tertiary/aromatic N) is 1. The second-order valence-electron chi connectivity index (χ2n) is 6.61. The standard InChI is InChI=1S/C20H23FN2O3S2/c21-17-8-10-19(11-9-17)28(25,26)23-13-4-5-16(15-23)20(24)22-12-14-27-18-6-2-1-3-7-18/h1-3,6-11,16H,4-5,12-15H2,(H,22,24). The molecular formula is C20H23FN2O3S2. The number of sulfonamides is 1. The number of hydrogen-bond acceptors (Lipinski definition) is 4. The predicted octanol–water partition coefficient (Wildman–Crippen LogP) is 3.13. The Labute approximate surface area is 169 Å². The van der Waals surface area contributed by atoms with Gasteiger partial charge in [-0.05, 0) is 49.2 Å². The SMILES string of the molecule is O=C(NCCSc1ccccc1)C1CCCN(S(=O)(=O)c2ccc(F)cc2)C1. The molecule has 28 heavy (non-hydrogen) atoms. The highest BCUT2D eigenvalue weighted by molar-refractivity contribution is 7.99. The van der Waals surface area contributed by atoms with Crippen molar-refractivity contribution in [2.75, 3.05) is 25.4 Å². The van der Waals surface area contributed by atoms with Crippen molar-refractivity contribution in [3.05, 3.63) is 60.4 Å². The van der Waals surface area contributed by atoms with Gasteiger partial charge < -0.3 is 5.32 Å². The van der Waals surface area contributed by atoms with E-state index in [4.69, 9.17) is 0 Å². The first-order chi connectivity index (χ1) is 13.5. The number of carbonyl (C=O) groups is 1. The number of benzene rings is 2. The highest BCUT2D eigenvalue weighted by atomic mass is 32.2. The van der Waals surface area contributed by atoms with Gasteiger partial charge in [-0.2, -0.15) is 4.31 Å². The van der Waals surface area contributed by atoms with Gasteiger partial charge in [-0.25, -0.2) is 12.8 Å². The summed E-state index contributed by atoms with van der Waals surface area (Å²) in [5.41, 5.74) is 0. The monoisotopic (exact) mass is 422 g/mol. The molecule has 3 rings (SSSR count). The van der Waals surface area contributed by atoms with Gasteiger partial charge in [0.25, 0.3) is 0 Å². The van der Waals surface area contributed by atoms with Gasteiger partial charge >= 0.3 is 0 Å². The smallest absolute Gasteiger partial charge is 0.243 e. The van der Waals surface area contributed by atoms with Crippen molar-refractivity contribution in [1.29, 1.82) is 0 Å². The van der Waals surface area contributed by atoms with Crippen LogP contribution < -0.4 is 5.32 Å². The molecule has 8 heteroatoms. The molecule has 1 fully saturated rings. The summed E-state index contributed by atoms with van der Waals surface area (Å²) in [5.74, 6) is -0.221. The summed E-state index contributed by atoms with van der Waals surface area (Å²) >= 11 is 1.66. The average molecular weight is 423 g/mol. The molecule has 1 saturated heterocycles. The lowest BCUT2D eigenvalue weighted by Gasteiger charge is -2.31. The maximum Gasteiger partial charge on any atom is 0.243 e. The van der Waals surface area contributed by atoms with E-state index in [9.17, 15) is 17.6 Å². The molecule has 0 spiro atoms. The topological polar surface area (TPSA) is 66.5 Å². The van der Waals surface area contributed by atoms with Crippen LogP contribution in [-0.4, -0.2) is 44.0 Å². The van der Waals surface area contributed by atoms with Crippen LogP contribution in [0.1, 0.15) is 12.8 Å². The third kappa shape index (κ3) is 5.33. The van der Waals surface area contributed by atoms with Crippen LogP contribution in [0.4, 0.5) is 4.39 Å². The van der Waals surface area contributed by atoms with Crippen molar-refractivity contribution in [2.24, 2.45) is 5.92 Å². The third-order valence-corrected chi connectivity index (χ3v) is 7.51. The molecule has 1 N–H and O–H groups in total. The molecule has 1 unspecified atom stereocenters. The number of amides is 1. The summed E-state index contributed by atoms with van der Waals surface area (Å²) in [6.45, 7) is 1.05. The first-order valence-electron chi connectivity index (χ1n) is 9.18. The number of hydrogen-bond donors (Lipinski definition) is 1. The highest BCUT2D eigenvalue weighted by Gasteiger charge is 2.33. The number of rotatable bonds is 7. The Bertz CT molecular complexity index is 889. The van der Waals surface area contributed by atoms with Crippen LogP contribution in [0.25, 0.3) is 0 Å². The lowest BCUT2D eigenvalue weighted by molar-refractivity contribution is -0.125. The first-order valence-corrected chi connectivity index (χ1v) is 11.6. The van der Waals surface area contributed by atoms with Gasteiger partial charge in [0.1, 0.15) is 5.82 Å². The average Bonchev–Trinajstić information content (AvgIpc) is 2.72. The fourth-order valence-corrected chi connectivity index (χ4v) is 5.45. The number of thioether (sulfide) groups is 1. The molecule has 2 aromatic carbocycles. The second kappa shape index (κ2) is 9.54. The molecule has 5 nitrogen and oxygen atoms in total. The van der Waals surface area contributed by atoms with E-state index >= 15 is 0 Å². The number of piperidine rings is 1. The van der Waals surface area contributed by atoms with Gasteiger partial charge in [-0.15, -0.1) is 11.8 Å². The first kappa shape index (κ1) is 20.8. The molecule has 1 atom stereocenters. The van der Waals surface area contributed by atoms with Crippen molar-refractivity contribution < 1.29 is 17.6 Å². The van der Waals surface area contributed by atoms with Crippen LogP contribution in [0.3, 0.4) is 0 Å². The fraction of sp³-hybridized carbons (Fsp3) is 0.350. The molecule has 1 heterocycles. The van der Waals surface area contributed by atoms with E-state index in [-0.39, 0.29) is 23.3 Å². The minimum Gasteiger partial charge on any atom is -0.355 e. The van der Waals surface area contributed by atoms with Gasteiger partial charge in [0.05, 0.1) is 10.8 Å². The molecule has 1 aliphatic heterocycles. The fourth-order valence-electron chi connectivity index (χ4n) is 3.13. The minimum absolute atomic E-state index is 0.0502. The molecule has 0 radical (unpaired) electrons. The van der Waals surface area contributed by atoms with Crippen LogP contribution >= 0.6 is 11.8 Å². The third-order valence-electron chi connectivity index (χ3n) is 4.62. The molecule has 0 bridgehead atoms. The van der Waals surface area contributed by atoms with E-state index in [0.29, 0.717) is 25.9 Å². The van der Waals surface area contributed by atoms with E-state index < -0.39 is 15.8 Å². The summed E-state index contributed by atoms with van der Waals surface area (Å²) in [7, 11) is -3.72. The predicted molar refractivity (Wildman–Crippen MR) is 108 cm³/mol. The lowest BCUT2D eigenvalue weighted by Crippen LogP contribution is -2.45. The van der Waals surface area contributed by atoms with E-state index in [2.05, 4.69) is 5.32 Å². The van der Waals surface area contributed by atoms with Crippen molar-refractivity contribution in [1.82, 2.24) is 9.62 Å². The normalized spacial score (nSPS) is 18.0. The Kier molecular flexibility index (Phi) is 7.09. The summed E-state index contributed by atoms with van der Waals surface area (Å²) in [6.07, 6.45) is 1.28. The summed E-state index contributed by atoms with van der Waals surface area (Å²) < 4.78 is 39.9. The quantitative estimate of drug-likeness (QED) is 0.550. The minimum atomic E-state index is -3.72. The van der Waals surface area contributed by atoms with E-state index in [1.165, 1.54) is 16.4 Å². The van der Waals surface area contributed by atoms with E-state index in [1.54, 1.807) is 11.8 Å². The van der Waals surface area contributed by atoms with E-state index in [0.717, 1.165) is 22.8 Å². The number of nitrogens with one attached hydrogen (secondary N) is 1. The van der Waals surface area contributed by atoms with Crippen LogP contribution in [0.2, 0.25) is 0 Å². The maximum absolute atomic E-state index is 13.1. The van der Waals surface area contributed by atoms with Gasteiger partial charge in [-0.3, -0.25) is 4.79 Å². The van der Waals surface area contributed by atoms with Crippen LogP contribution in [0.15, 0.2) is 64.4 Å². The van der Waals surface area contributed by atoms with Crippen molar-refractivity contribution in [3.63, 3.8) is 0 Å². The Morgan fingerprint density at radius 1 is 1.14 bits per heavy atom. The van der Waals surface area contributed by atoms with Crippen LogP contribution in [-0.2, 0) is 14.8 Å². The number of carbonyl (C=O) groups excluding carboxylic acids is 1. The molecule has 1 amide bonds. The van der Waals surface area contributed by atoms with Crippen molar-refractivity contribution >= 4 is 27.7 Å². The summed E-state index contributed by atoms with van der Waals surface area (Å²) in [6, 6.07) is 14.7. The van der Waals surface area contributed by atoms with E-state index in [1.807, 2.05) is 30.3 Å². The largest absolute Gasteiger partial charge is 0.355 e. The van der Waals surface area contributed by atoms with Gasteiger partial charge in [-0.1, -0.05) is 18.2 Å². The van der Waals surface area contributed by atoms with Crippen LogP contribution in [0.5, 0.6) is 0 Å². The van der Waals surface area contributed by atoms with Crippen LogP contribution in [0, 0.1) is 11.7 Å².